The third kappa shape index (κ3) is 4.82. The normalized spacial score (nSPS) is 19.0. The Bertz CT molecular complexity index is 515. The zero-order chi connectivity index (χ0) is 15.2. The Kier molecular flexibility index (Phi) is 6.24. The lowest BCUT2D eigenvalue weighted by Gasteiger charge is -2.24. The minimum atomic E-state index is -1.26. The molecule has 0 spiro atoms. The lowest BCUT2D eigenvalue weighted by atomic mass is 9.95. The molecule has 3 nitrogen and oxygen atoms in total. The summed E-state index contributed by atoms with van der Waals surface area (Å²) in [4.78, 5) is 12.2. The SMILES string of the molecule is CC(C(=O)NC1CCCCC1)S(=O)Cc1ccccc1Cl. The van der Waals surface area contributed by atoms with Crippen LogP contribution in [0.5, 0.6) is 0 Å². The highest BCUT2D eigenvalue weighted by atomic mass is 35.5. The number of carbonyl (C=O) groups is 1. The van der Waals surface area contributed by atoms with Gasteiger partial charge < -0.3 is 5.32 Å². The molecule has 2 atom stereocenters. The van der Waals surface area contributed by atoms with Gasteiger partial charge in [-0.15, -0.1) is 0 Å². The van der Waals surface area contributed by atoms with Gasteiger partial charge in [-0.1, -0.05) is 49.1 Å². The van der Waals surface area contributed by atoms with E-state index < -0.39 is 16.0 Å². The summed E-state index contributed by atoms with van der Waals surface area (Å²) >= 11 is 6.07. The minimum Gasteiger partial charge on any atom is -0.352 e. The summed E-state index contributed by atoms with van der Waals surface area (Å²) in [6.45, 7) is 1.73. The molecule has 1 aliphatic rings. The summed E-state index contributed by atoms with van der Waals surface area (Å²) in [5.41, 5.74) is 0.829. The highest BCUT2D eigenvalue weighted by molar-refractivity contribution is 7.85. The number of hydrogen-bond donors (Lipinski definition) is 1. The van der Waals surface area contributed by atoms with Gasteiger partial charge in [-0.2, -0.15) is 0 Å². The quantitative estimate of drug-likeness (QED) is 0.900. The van der Waals surface area contributed by atoms with E-state index in [1.54, 1.807) is 13.0 Å². The van der Waals surface area contributed by atoms with Crippen molar-refractivity contribution in [2.24, 2.45) is 0 Å². The number of hydrogen-bond acceptors (Lipinski definition) is 2. The van der Waals surface area contributed by atoms with E-state index in [1.807, 2.05) is 18.2 Å². The van der Waals surface area contributed by atoms with E-state index in [4.69, 9.17) is 11.6 Å². The number of halogens is 1. The van der Waals surface area contributed by atoms with Crippen LogP contribution in [0.3, 0.4) is 0 Å². The summed E-state index contributed by atoms with van der Waals surface area (Å²) < 4.78 is 12.3. The van der Waals surface area contributed by atoms with Crippen molar-refractivity contribution >= 4 is 28.3 Å². The Labute approximate surface area is 133 Å². The molecule has 0 saturated heterocycles. The van der Waals surface area contributed by atoms with Gasteiger partial charge in [0.25, 0.3) is 0 Å². The van der Waals surface area contributed by atoms with E-state index in [-0.39, 0.29) is 11.9 Å². The van der Waals surface area contributed by atoms with E-state index in [0.29, 0.717) is 10.8 Å². The maximum Gasteiger partial charge on any atom is 0.235 e. The van der Waals surface area contributed by atoms with Gasteiger partial charge in [0.2, 0.25) is 5.91 Å². The molecule has 1 fully saturated rings. The van der Waals surface area contributed by atoms with Crippen LogP contribution >= 0.6 is 11.6 Å². The standard InChI is InChI=1S/C16H22ClNO2S/c1-12(16(19)18-14-8-3-2-4-9-14)21(20)11-13-7-5-6-10-15(13)17/h5-7,10,12,14H,2-4,8-9,11H2,1H3,(H,18,19). The Morgan fingerprint density at radius 3 is 2.67 bits per heavy atom. The fourth-order valence-corrected chi connectivity index (χ4v) is 3.98. The van der Waals surface area contributed by atoms with Crippen LogP contribution < -0.4 is 5.32 Å². The van der Waals surface area contributed by atoms with Gasteiger partial charge in [0, 0.05) is 21.9 Å². The van der Waals surface area contributed by atoms with Gasteiger partial charge >= 0.3 is 0 Å². The average Bonchev–Trinajstić information content (AvgIpc) is 2.49. The van der Waals surface area contributed by atoms with Crippen LogP contribution in [-0.4, -0.2) is 21.4 Å². The Hall–Kier alpha value is -0.870. The summed E-state index contributed by atoms with van der Waals surface area (Å²) in [7, 11) is -1.26. The molecule has 21 heavy (non-hydrogen) atoms. The molecule has 116 valence electrons. The molecule has 0 aromatic heterocycles. The molecule has 1 aromatic rings. The second-order valence-corrected chi connectivity index (χ2v) is 7.77. The van der Waals surface area contributed by atoms with E-state index in [1.165, 1.54) is 19.3 Å². The molecule has 0 radical (unpaired) electrons. The first-order valence-electron chi connectivity index (χ1n) is 7.49. The topological polar surface area (TPSA) is 46.2 Å². The van der Waals surface area contributed by atoms with Crippen LogP contribution in [0.15, 0.2) is 24.3 Å². The summed E-state index contributed by atoms with van der Waals surface area (Å²) in [6, 6.07) is 7.59. The molecule has 1 amide bonds. The molecular formula is C16H22ClNO2S. The molecule has 1 N–H and O–H groups in total. The molecule has 0 heterocycles. The molecular weight excluding hydrogens is 306 g/mol. The smallest absolute Gasteiger partial charge is 0.235 e. The lowest BCUT2D eigenvalue weighted by Crippen LogP contribution is -2.42. The fraction of sp³-hybridized carbons (Fsp3) is 0.562. The summed E-state index contributed by atoms with van der Waals surface area (Å²) in [6.07, 6.45) is 5.66. The third-order valence-electron chi connectivity index (χ3n) is 3.97. The second kappa shape index (κ2) is 7.95. The van der Waals surface area contributed by atoms with Crippen molar-refractivity contribution < 1.29 is 9.00 Å². The Balaban J connectivity index is 1.89. The predicted octanol–water partition coefficient (Wildman–Crippen LogP) is 3.43. The lowest BCUT2D eigenvalue weighted by molar-refractivity contribution is -0.121. The zero-order valence-electron chi connectivity index (χ0n) is 12.3. The van der Waals surface area contributed by atoms with E-state index in [9.17, 15) is 9.00 Å². The summed E-state index contributed by atoms with van der Waals surface area (Å²) in [5.74, 6) is 0.214. The molecule has 1 aromatic carbocycles. The van der Waals surface area contributed by atoms with Gasteiger partial charge in [-0.3, -0.25) is 9.00 Å². The van der Waals surface area contributed by atoms with Gasteiger partial charge in [-0.25, -0.2) is 0 Å². The highest BCUT2D eigenvalue weighted by Gasteiger charge is 2.24. The van der Waals surface area contributed by atoms with Crippen LogP contribution in [0, 0.1) is 0 Å². The molecule has 1 aliphatic carbocycles. The zero-order valence-corrected chi connectivity index (χ0v) is 13.9. The second-order valence-electron chi connectivity index (χ2n) is 5.60. The van der Waals surface area contributed by atoms with Crippen LogP contribution in [-0.2, 0) is 21.3 Å². The maximum atomic E-state index is 12.3. The van der Waals surface area contributed by atoms with Crippen molar-refractivity contribution in [2.75, 3.05) is 0 Å². The monoisotopic (exact) mass is 327 g/mol. The number of carbonyl (C=O) groups excluding carboxylic acids is 1. The highest BCUT2D eigenvalue weighted by Crippen LogP contribution is 2.19. The predicted molar refractivity (Wildman–Crippen MR) is 87.8 cm³/mol. The fourth-order valence-electron chi connectivity index (χ4n) is 2.58. The van der Waals surface area contributed by atoms with Crippen molar-refractivity contribution in [3.8, 4) is 0 Å². The van der Waals surface area contributed by atoms with Crippen molar-refractivity contribution in [2.45, 2.75) is 56.1 Å². The van der Waals surface area contributed by atoms with Gasteiger partial charge in [-0.05, 0) is 31.4 Å². The third-order valence-corrected chi connectivity index (χ3v) is 5.94. The van der Waals surface area contributed by atoms with E-state index in [2.05, 4.69) is 5.32 Å². The molecule has 5 heteroatoms. The minimum absolute atomic E-state index is 0.104. The van der Waals surface area contributed by atoms with Crippen molar-refractivity contribution in [3.63, 3.8) is 0 Å². The van der Waals surface area contributed by atoms with Crippen molar-refractivity contribution in [1.82, 2.24) is 5.32 Å². The van der Waals surface area contributed by atoms with Crippen LogP contribution in [0.25, 0.3) is 0 Å². The van der Waals surface area contributed by atoms with Gasteiger partial charge in [0.1, 0.15) is 5.25 Å². The van der Waals surface area contributed by atoms with Crippen LogP contribution in [0.1, 0.15) is 44.6 Å². The van der Waals surface area contributed by atoms with Gasteiger partial charge in [0.05, 0.1) is 5.75 Å². The van der Waals surface area contributed by atoms with Crippen molar-refractivity contribution in [1.29, 1.82) is 0 Å². The summed E-state index contributed by atoms with van der Waals surface area (Å²) in [5, 5.41) is 3.13. The van der Waals surface area contributed by atoms with Crippen LogP contribution in [0.4, 0.5) is 0 Å². The van der Waals surface area contributed by atoms with Gasteiger partial charge in [0.15, 0.2) is 0 Å². The number of nitrogens with one attached hydrogen (secondary N) is 1. The molecule has 0 bridgehead atoms. The molecule has 2 rings (SSSR count). The number of rotatable bonds is 5. The first kappa shape index (κ1) is 16.5. The largest absolute Gasteiger partial charge is 0.352 e. The average molecular weight is 328 g/mol. The first-order valence-corrected chi connectivity index (χ1v) is 9.25. The maximum absolute atomic E-state index is 12.3. The first-order chi connectivity index (χ1) is 10.1. The van der Waals surface area contributed by atoms with Crippen LogP contribution in [0.2, 0.25) is 5.02 Å². The number of amides is 1. The number of benzene rings is 1. The molecule has 0 aliphatic heterocycles. The van der Waals surface area contributed by atoms with E-state index in [0.717, 1.165) is 18.4 Å². The Morgan fingerprint density at radius 2 is 2.00 bits per heavy atom. The van der Waals surface area contributed by atoms with E-state index >= 15 is 0 Å². The molecule has 1 saturated carbocycles. The Morgan fingerprint density at radius 1 is 1.33 bits per heavy atom. The van der Waals surface area contributed by atoms with Crippen molar-refractivity contribution in [3.05, 3.63) is 34.9 Å². The molecule has 2 unspecified atom stereocenters.